The molecule has 0 aromatic rings. The molecular weight excluding hydrogens is 2050 g/mol. The second-order valence-electron chi connectivity index (χ2n) is 41.1. The number of allylic oxidation sites excluding steroid dienone is 1. The Labute approximate surface area is 963 Å². The van der Waals surface area contributed by atoms with Crippen molar-refractivity contribution in [2.75, 3.05) is 324 Å². The van der Waals surface area contributed by atoms with Crippen molar-refractivity contribution < 1.29 is 92.8 Å². The molecule has 0 aromatic heterocycles. The first-order chi connectivity index (χ1) is 69.8. The van der Waals surface area contributed by atoms with Crippen LogP contribution < -0.4 is 0 Å². The predicted molar refractivity (Wildman–Crippen MR) is 680 cm³/mol. The number of carbonyl (C=O) groups is 10. The van der Waals surface area contributed by atoms with Crippen molar-refractivity contribution in [3.8, 4) is 49.4 Å². The third-order valence-electron chi connectivity index (χ3n) is 26.2. The van der Waals surface area contributed by atoms with Crippen LogP contribution >= 0.6 is 118 Å². The van der Waals surface area contributed by atoms with Gasteiger partial charge in [0.25, 0.3) is 20.5 Å². The maximum atomic E-state index is 11.5. The Kier molecular flexibility index (Phi) is 115. The maximum Gasteiger partial charge on any atom is 0.262 e. The predicted octanol–water partition coefficient (Wildman–Crippen LogP) is 24.4. The van der Waals surface area contributed by atoms with Gasteiger partial charge in [-0.05, 0) is 233 Å². The van der Waals surface area contributed by atoms with E-state index in [1.807, 2.05) is 6.92 Å². The van der Waals surface area contributed by atoms with Crippen LogP contribution in [0.15, 0.2) is 73.4 Å². The molecule has 0 N–H and O–H groups in total. The molecule has 30 heteroatoms. The summed E-state index contributed by atoms with van der Waals surface area (Å²) >= 11 is 13.4. The van der Waals surface area contributed by atoms with Crippen molar-refractivity contribution in [2.24, 2.45) is 0 Å². The van der Waals surface area contributed by atoms with Crippen LogP contribution in [0.5, 0.6) is 0 Å². The molecule has 0 fully saturated rings. The van der Waals surface area contributed by atoms with Crippen LogP contribution in [0.2, 0.25) is 0 Å². The number of carbonyl (C=O) groups excluding carboxylic acids is 10. The summed E-state index contributed by atoms with van der Waals surface area (Å²) < 4.78 is 10.6. The van der Waals surface area contributed by atoms with Gasteiger partial charge in [0.15, 0.2) is 0 Å². The first kappa shape index (κ1) is 165. The molecule has 3 unspecified atom stereocenters. The minimum absolute atomic E-state index is 0.103. The number of unbranched alkanes of at least 4 members (excludes halogenated alkanes) is 3. The maximum absolute atomic E-state index is 11.5. The van der Waals surface area contributed by atoms with Crippen molar-refractivity contribution >= 4 is 169 Å². The number of nitrogens with zero attached hydrogens (tertiary/aromatic N) is 10. The van der Waals surface area contributed by atoms with Gasteiger partial charge in [0, 0.05) is 0 Å². The third kappa shape index (κ3) is 99.7. The van der Waals surface area contributed by atoms with E-state index in [0.717, 1.165) is 211 Å². The van der Waals surface area contributed by atoms with Gasteiger partial charge in [-0.25, -0.2) is 0 Å². The van der Waals surface area contributed by atoms with E-state index in [2.05, 4.69) is 265 Å². The molecule has 0 aliphatic carbocycles. The molecule has 0 bridgehead atoms. The summed E-state index contributed by atoms with van der Waals surface area (Å²) in [5.74, 6) is 17.2. The summed E-state index contributed by atoms with van der Waals surface area (Å²) in [6.07, 6.45) is 40.8. The van der Waals surface area contributed by atoms with Crippen LogP contribution in [0.4, 0.5) is 0 Å². The van der Waals surface area contributed by atoms with E-state index in [1.54, 1.807) is 39.8 Å². The molecular formula is C119H230N10O10S10+10. The van der Waals surface area contributed by atoms with Gasteiger partial charge in [0.1, 0.15) is 0 Å². The van der Waals surface area contributed by atoms with Crippen LogP contribution in [0, 0.1) is 49.4 Å². The van der Waals surface area contributed by atoms with Crippen LogP contribution in [0.25, 0.3) is 0 Å². The van der Waals surface area contributed by atoms with E-state index in [9.17, 15) is 47.9 Å². The average Bonchev–Trinajstić information content (AvgIpc) is 0.885. The lowest BCUT2D eigenvalue weighted by molar-refractivity contribution is -0.924. The standard InChI is InChI=1S/C15H30NOS.2C14H28NOS.C14H26NOS.C13H24NOS.C12H24NOS.C11H20NOS.2C9H18NOS.C8H14NOS/c1-6-9-11-16(8-3,10-7-2)12-13-18-15(17)14(4)5;1-6-9-15(8-3,10-7-2)11-12-17-14(16)13(4)5;2*1-5-9-11-15(8-4,10-6-2)12-13-17-14(16)7-3;1-5-9-14(8-4,10-6-2)11-12-16-13(15)7-3;1-6-13(7-2,8-3)9-10-15-12(14)11(4)5;1-5-11(13)14-10-9-12(6-2,7-3)8-4;1-8(2)9(11)12-7-6-10(3,4)5;1-5-6-9(11)12-8-7-10(2,3)4;1-5-8(10)11-7-6-9(2,3)4/h4,6-13H2,1-3,5H3;4,6-12H2,1-3,5H3;7H,3,5-6,8-13H2,1-2,4H3;3H,5-6,8-13H2,1-2,4H3;3H,5-6,8-12H2,1-2,4H3;4,6-10H2,1-3,5H3;1H,6-10H2,2-4H3;1,6-7H2,2-5H3;5-6H,7-8H2,1-4H3;1H,6-7H2,2-4H3/q10*+1/b;;;;;;;;6-5+;. The van der Waals surface area contributed by atoms with E-state index >= 15 is 0 Å². The lowest BCUT2D eigenvalue weighted by Gasteiger charge is -2.37. The zero-order chi connectivity index (χ0) is 117. The number of hydrogen-bond acceptors (Lipinski definition) is 20. The van der Waals surface area contributed by atoms with Crippen molar-refractivity contribution in [1.29, 1.82) is 0 Å². The second kappa shape index (κ2) is 104. The summed E-state index contributed by atoms with van der Waals surface area (Å²) in [7, 11) is 19.0. The number of terminal acetylenes is 4. The minimum atomic E-state index is -0.168. The lowest BCUT2D eigenvalue weighted by Crippen LogP contribution is -2.50. The van der Waals surface area contributed by atoms with E-state index in [-0.39, 0.29) is 51.2 Å². The summed E-state index contributed by atoms with van der Waals surface area (Å²) in [6.45, 7) is 109. The minimum Gasteiger partial charge on any atom is -0.330 e. The highest BCUT2D eigenvalue weighted by Crippen LogP contribution is 2.23. The molecule has 0 amide bonds. The molecule has 3 atom stereocenters. The topological polar surface area (TPSA) is 171 Å². The van der Waals surface area contributed by atoms with E-state index < -0.39 is 0 Å². The highest BCUT2D eigenvalue weighted by Gasteiger charge is 2.30. The quantitative estimate of drug-likeness (QED) is 0.0320. The van der Waals surface area contributed by atoms with E-state index in [0.29, 0.717) is 22.3 Å². The Morgan fingerprint density at radius 3 is 0.550 bits per heavy atom. The SMILES string of the molecule is C#CC(=O)SCC[N+](C)(C)C.C#CC(=O)SCC[N+](CC)(CC)CC.C#CC(=O)SCC[N+](CC)(CCC)CCC.C#CC(=O)SCC[N+](CC)(CCC)CCCC.C/C=C/C(=O)SCC[N+](C)(C)C.C=C(C)C(=O)SCC[N+](C)(C)C.C=C(C)C(=O)SCC[N+](CC)(CC)CC.C=C(C)C(=O)SCC[N+](CC)(CCC)CCC.C=C(C)C(=O)SCC[N+](CC)(CCC)CCCC.C=CC(=O)SCC[N+](CC)(CCC)CCCC. The fraction of sp³-hybridized carbons (Fsp3) is 0.748. The number of quaternary nitrogens is 10. The van der Waals surface area contributed by atoms with E-state index in [4.69, 9.17) is 25.7 Å². The zero-order valence-electron chi connectivity index (χ0n) is 102. The smallest absolute Gasteiger partial charge is 0.262 e. The number of hydrogen-bond donors (Lipinski definition) is 0. The zero-order valence-corrected chi connectivity index (χ0v) is 111. The van der Waals surface area contributed by atoms with Gasteiger partial charge < -0.3 is 44.8 Å². The van der Waals surface area contributed by atoms with Gasteiger partial charge in [-0.1, -0.05) is 245 Å². The van der Waals surface area contributed by atoms with Gasteiger partial charge in [-0.3, -0.25) is 47.9 Å². The third-order valence-corrected chi connectivity index (χ3v) is 34.9. The molecule has 0 rings (SSSR count). The summed E-state index contributed by atoms with van der Waals surface area (Å²) in [5.41, 5.74) is 2.62. The van der Waals surface area contributed by atoms with Gasteiger partial charge >= 0.3 is 0 Å². The Balaban J connectivity index is -0.000000181. The van der Waals surface area contributed by atoms with Gasteiger partial charge in [-0.2, -0.15) is 0 Å². The second-order valence-corrected chi connectivity index (χ2v) is 51.8. The number of rotatable bonds is 70. The summed E-state index contributed by atoms with van der Waals surface area (Å²) in [5, 5.41) is 0.221. The average molecular weight is 2280 g/mol. The molecule has 0 radical (unpaired) electrons. The monoisotopic (exact) mass is 2280 g/mol. The fourth-order valence-electron chi connectivity index (χ4n) is 15.6. The molecule has 0 saturated heterocycles. The Morgan fingerprint density at radius 2 is 0.389 bits per heavy atom. The van der Waals surface area contributed by atoms with Crippen molar-refractivity contribution in [3.05, 3.63) is 73.4 Å². The Morgan fingerprint density at radius 1 is 0.228 bits per heavy atom. The van der Waals surface area contributed by atoms with Gasteiger partial charge in [-0.15, -0.1) is 25.7 Å². The Hall–Kier alpha value is -3.52. The normalized spacial score (nSPS) is 12.3. The molecule has 0 aliphatic rings. The van der Waals surface area contributed by atoms with Crippen molar-refractivity contribution in [1.82, 2.24) is 0 Å². The van der Waals surface area contributed by atoms with Crippen LogP contribution in [0.3, 0.4) is 0 Å². The molecule has 0 aromatic carbocycles. The molecule has 0 aliphatic heterocycles. The molecule has 0 saturated carbocycles. The first-order valence-corrected chi connectivity index (χ1v) is 65.5. The summed E-state index contributed by atoms with van der Waals surface area (Å²) in [4.78, 5) is 111. The highest BCUT2D eigenvalue weighted by molar-refractivity contribution is 8.16. The fourth-order valence-corrected chi connectivity index (χ4v) is 24.4. The van der Waals surface area contributed by atoms with Crippen LogP contribution in [-0.4, -0.2) is 420 Å². The van der Waals surface area contributed by atoms with Crippen LogP contribution in [-0.2, 0) is 47.9 Å². The van der Waals surface area contributed by atoms with Gasteiger partial charge in [0.05, 0.1) is 324 Å². The Bertz CT molecular complexity index is 3780. The van der Waals surface area contributed by atoms with E-state index in [1.165, 1.54) is 301 Å². The molecule has 20 nitrogen and oxygen atoms in total. The lowest BCUT2D eigenvalue weighted by atomic mass is 10.2. The van der Waals surface area contributed by atoms with Crippen LogP contribution in [0.1, 0.15) is 263 Å². The highest BCUT2D eigenvalue weighted by atomic mass is 32.2. The number of thioether (sulfide) groups is 10. The molecule has 866 valence electrons. The molecule has 149 heavy (non-hydrogen) atoms. The largest absolute Gasteiger partial charge is 0.330 e. The molecule has 0 spiro atoms. The van der Waals surface area contributed by atoms with Crippen molar-refractivity contribution in [2.45, 2.75) is 263 Å². The first-order valence-electron chi connectivity index (χ1n) is 55.6. The van der Waals surface area contributed by atoms with Gasteiger partial charge in [0.2, 0.25) is 30.7 Å². The summed E-state index contributed by atoms with van der Waals surface area (Å²) in [6, 6.07) is 0. The van der Waals surface area contributed by atoms with Crippen molar-refractivity contribution in [3.63, 3.8) is 0 Å². The molecule has 0 heterocycles.